The van der Waals surface area contributed by atoms with Crippen LogP contribution in [0.25, 0.3) is 0 Å². The molecule has 0 aliphatic carbocycles. The summed E-state index contributed by atoms with van der Waals surface area (Å²) in [5.74, 6) is -1.83. The van der Waals surface area contributed by atoms with E-state index < -0.39 is 17.9 Å². The number of likely N-dealkylation sites (tertiary alicyclic amines) is 1. The molecule has 1 aromatic rings. The first-order valence-electron chi connectivity index (χ1n) is 8.78. The Hall–Kier alpha value is -2.65. The maximum atomic E-state index is 13.4. The third-order valence-electron chi connectivity index (χ3n) is 5.07. The van der Waals surface area contributed by atoms with Gasteiger partial charge in [0.15, 0.2) is 0 Å². The van der Waals surface area contributed by atoms with E-state index in [1.165, 1.54) is 28.8 Å². The van der Waals surface area contributed by atoms with Gasteiger partial charge in [0.05, 0.1) is 0 Å². The van der Waals surface area contributed by atoms with E-state index in [-0.39, 0.29) is 29.3 Å². The monoisotopic (exact) mass is 403 g/mol. The molecule has 0 radical (unpaired) electrons. The second-order valence-electron chi connectivity index (χ2n) is 6.89. The van der Waals surface area contributed by atoms with Crippen molar-refractivity contribution in [2.75, 3.05) is 12.3 Å². The molecule has 0 aromatic heterocycles. The van der Waals surface area contributed by atoms with Crippen molar-refractivity contribution in [3.05, 3.63) is 58.6 Å². The number of aliphatic carboxylic acids is 1. The Kier molecular flexibility index (Phi) is 4.72. The average molecular weight is 403 g/mol. The fraction of sp³-hybridized carbons (Fsp3) is 0.316. The molecule has 1 aromatic carbocycles. The SMILES string of the molecule is N[C@@H]1C(=O)N2C(C(=O)O)=C(/C=C3\CCN(Cc4cccc(F)c4)C3=O)CS[C@H]12. The number of hydrogen-bond acceptors (Lipinski definition) is 5. The van der Waals surface area contributed by atoms with Crippen LogP contribution >= 0.6 is 11.8 Å². The van der Waals surface area contributed by atoms with Gasteiger partial charge in [0, 0.05) is 24.4 Å². The van der Waals surface area contributed by atoms with Crippen LogP contribution in [0.1, 0.15) is 12.0 Å². The quantitative estimate of drug-likeness (QED) is 0.576. The summed E-state index contributed by atoms with van der Waals surface area (Å²) in [5, 5.41) is 9.21. The fourth-order valence-electron chi connectivity index (χ4n) is 3.67. The number of carboxylic acid groups (broad SMARTS) is 1. The lowest BCUT2D eigenvalue weighted by molar-refractivity contribution is -0.147. The van der Waals surface area contributed by atoms with Gasteiger partial charge in [0.25, 0.3) is 0 Å². The molecule has 3 aliphatic heterocycles. The molecule has 2 fully saturated rings. The van der Waals surface area contributed by atoms with Gasteiger partial charge in [-0.25, -0.2) is 9.18 Å². The molecule has 0 bridgehead atoms. The van der Waals surface area contributed by atoms with Gasteiger partial charge in [-0.2, -0.15) is 0 Å². The maximum absolute atomic E-state index is 13.4. The topological polar surface area (TPSA) is 104 Å². The molecular formula is C19H18FN3O4S. The second kappa shape index (κ2) is 7.06. The summed E-state index contributed by atoms with van der Waals surface area (Å²) in [4.78, 5) is 39.3. The molecule has 0 spiro atoms. The number of carboxylic acids is 1. The highest BCUT2D eigenvalue weighted by Gasteiger charge is 2.51. The molecule has 2 saturated heterocycles. The van der Waals surface area contributed by atoms with Gasteiger partial charge >= 0.3 is 5.97 Å². The summed E-state index contributed by atoms with van der Waals surface area (Å²) in [6, 6.07) is 5.38. The zero-order chi connectivity index (χ0) is 20.0. The number of allylic oxidation sites excluding steroid dienone is 1. The van der Waals surface area contributed by atoms with Gasteiger partial charge in [-0.1, -0.05) is 12.1 Å². The smallest absolute Gasteiger partial charge is 0.352 e. The summed E-state index contributed by atoms with van der Waals surface area (Å²) >= 11 is 1.39. The van der Waals surface area contributed by atoms with Crippen LogP contribution in [0.2, 0.25) is 0 Å². The van der Waals surface area contributed by atoms with E-state index in [0.29, 0.717) is 35.4 Å². The van der Waals surface area contributed by atoms with E-state index in [1.54, 1.807) is 23.1 Å². The second-order valence-corrected chi connectivity index (χ2v) is 8.00. The van der Waals surface area contributed by atoms with Crippen LogP contribution < -0.4 is 5.73 Å². The Morgan fingerprint density at radius 3 is 2.89 bits per heavy atom. The Morgan fingerprint density at radius 2 is 2.18 bits per heavy atom. The van der Waals surface area contributed by atoms with Gasteiger partial charge in [-0.15, -0.1) is 11.8 Å². The number of benzene rings is 1. The van der Waals surface area contributed by atoms with Crippen molar-refractivity contribution in [2.24, 2.45) is 5.73 Å². The summed E-state index contributed by atoms with van der Waals surface area (Å²) in [6.07, 6.45) is 2.05. The van der Waals surface area contributed by atoms with Gasteiger partial charge in [-0.05, 0) is 35.8 Å². The van der Waals surface area contributed by atoms with Gasteiger partial charge in [-0.3, -0.25) is 14.5 Å². The number of rotatable bonds is 4. The van der Waals surface area contributed by atoms with Crippen molar-refractivity contribution in [2.45, 2.75) is 24.4 Å². The Labute approximate surface area is 164 Å². The third kappa shape index (κ3) is 3.10. The minimum absolute atomic E-state index is 0.0978. The normalized spacial score (nSPS) is 26.0. The molecule has 3 N–H and O–H groups in total. The van der Waals surface area contributed by atoms with Crippen LogP contribution in [0.3, 0.4) is 0 Å². The largest absolute Gasteiger partial charge is 0.477 e. The van der Waals surface area contributed by atoms with E-state index in [1.807, 2.05) is 0 Å². The summed E-state index contributed by atoms with van der Waals surface area (Å²) in [5.41, 5.74) is 7.26. The number of amides is 2. The lowest BCUT2D eigenvalue weighted by Crippen LogP contribution is -2.68. The molecule has 2 atom stereocenters. The number of hydrogen-bond donors (Lipinski definition) is 2. The predicted octanol–water partition coefficient (Wildman–Crippen LogP) is 1.07. The first-order valence-corrected chi connectivity index (χ1v) is 9.82. The van der Waals surface area contributed by atoms with Crippen molar-refractivity contribution < 1.29 is 23.9 Å². The van der Waals surface area contributed by atoms with Gasteiger partial charge < -0.3 is 15.7 Å². The number of thioether (sulfide) groups is 1. The van der Waals surface area contributed by atoms with E-state index >= 15 is 0 Å². The molecular weight excluding hydrogens is 385 g/mol. The van der Waals surface area contributed by atoms with Crippen LogP contribution in [-0.2, 0) is 20.9 Å². The number of nitrogens with two attached hydrogens (primary N) is 1. The minimum atomic E-state index is -1.21. The molecule has 146 valence electrons. The molecule has 3 aliphatic rings. The van der Waals surface area contributed by atoms with Crippen molar-refractivity contribution in [3.8, 4) is 0 Å². The van der Waals surface area contributed by atoms with Crippen LogP contribution in [0, 0.1) is 5.82 Å². The van der Waals surface area contributed by atoms with Crippen LogP contribution in [0.4, 0.5) is 4.39 Å². The molecule has 0 saturated carbocycles. The Balaban J connectivity index is 1.57. The van der Waals surface area contributed by atoms with E-state index in [2.05, 4.69) is 0 Å². The Morgan fingerprint density at radius 1 is 1.39 bits per heavy atom. The van der Waals surface area contributed by atoms with E-state index in [4.69, 9.17) is 5.73 Å². The average Bonchev–Trinajstić information content (AvgIpc) is 3.00. The number of carbonyl (C=O) groups excluding carboxylic acids is 2. The third-order valence-corrected chi connectivity index (χ3v) is 6.39. The lowest BCUT2D eigenvalue weighted by atomic mass is 10.0. The first-order chi connectivity index (χ1) is 13.4. The zero-order valence-electron chi connectivity index (χ0n) is 14.8. The summed E-state index contributed by atoms with van der Waals surface area (Å²) in [7, 11) is 0. The number of carbonyl (C=O) groups is 3. The highest BCUT2D eigenvalue weighted by atomic mass is 32.2. The van der Waals surface area contributed by atoms with Crippen LogP contribution in [0.15, 0.2) is 47.2 Å². The zero-order valence-corrected chi connectivity index (χ0v) is 15.6. The highest BCUT2D eigenvalue weighted by Crippen LogP contribution is 2.40. The van der Waals surface area contributed by atoms with E-state index in [0.717, 1.165) is 0 Å². The molecule has 4 rings (SSSR count). The molecule has 7 nitrogen and oxygen atoms in total. The number of β-lactam (4-membered cyclic amide) rings is 1. The molecule has 28 heavy (non-hydrogen) atoms. The maximum Gasteiger partial charge on any atom is 0.352 e. The molecule has 0 unspecified atom stereocenters. The van der Waals surface area contributed by atoms with Crippen LogP contribution in [-0.4, -0.2) is 56.4 Å². The lowest BCUT2D eigenvalue weighted by Gasteiger charge is -2.47. The molecule has 9 heteroatoms. The molecule has 2 amide bonds. The summed E-state index contributed by atoms with van der Waals surface area (Å²) < 4.78 is 13.4. The van der Waals surface area contributed by atoms with Gasteiger partial charge in [0.1, 0.15) is 22.9 Å². The standard InChI is InChI=1S/C19H18FN3O4S/c20-13-3-1-2-10(6-13)8-22-5-4-11(16(22)24)7-12-9-28-18-14(21)17(25)23(18)15(12)19(26)27/h1-3,6-7,14,18H,4-5,8-9,21H2,(H,26,27)/b11-7+/t14-,18-/m1/s1. The van der Waals surface area contributed by atoms with Crippen molar-refractivity contribution in [1.29, 1.82) is 0 Å². The number of fused-ring (bicyclic) bond motifs is 1. The number of halogens is 1. The highest BCUT2D eigenvalue weighted by molar-refractivity contribution is 8.00. The minimum Gasteiger partial charge on any atom is -0.477 e. The van der Waals surface area contributed by atoms with Crippen molar-refractivity contribution in [3.63, 3.8) is 0 Å². The fourth-order valence-corrected chi connectivity index (χ4v) is 4.92. The van der Waals surface area contributed by atoms with Crippen molar-refractivity contribution >= 4 is 29.5 Å². The Bertz CT molecular complexity index is 945. The number of nitrogens with zero attached hydrogens (tertiary/aromatic N) is 2. The van der Waals surface area contributed by atoms with Crippen molar-refractivity contribution in [1.82, 2.24) is 9.80 Å². The van der Waals surface area contributed by atoms with Gasteiger partial charge in [0.2, 0.25) is 11.8 Å². The predicted molar refractivity (Wildman–Crippen MR) is 100 cm³/mol. The van der Waals surface area contributed by atoms with Crippen LogP contribution in [0.5, 0.6) is 0 Å². The first kappa shape index (κ1) is 18.7. The summed E-state index contributed by atoms with van der Waals surface area (Å²) in [6.45, 7) is 0.759. The van der Waals surface area contributed by atoms with E-state index in [9.17, 15) is 23.9 Å². The molecule has 3 heterocycles.